The smallest absolute Gasteiger partial charge is 0.319 e. The van der Waals surface area contributed by atoms with Crippen molar-refractivity contribution in [1.29, 1.82) is 5.26 Å². The molecule has 2 aromatic heterocycles. The third-order valence-corrected chi connectivity index (χ3v) is 8.33. The Hall–Kier alpha value is -3.78. The first kappa shape index (κ1) is 28.7. The van der Waals surface area contributed by atoms with Crippen LogP contribution in [0, 0.1) is 29.1 Å². The maximum absolute atomic E-state index is 13.1. The first-order valence-corrected chi connectivity index (χ1v) is 14.6. The standard InChI is InChI=1S/C30H39N7O4/c1-36(2)12-13-40-26-7-6-23(29(32)39)33-28(26)20-8-10-37(11-9-20)27-16-24(25(38)14-19-4-3-5-19)34-30(35-27)41-18-22-15-21(22)17-31/h6-7,16,19-22H,3-5,8-15,18H2,1-2H3,(H2,32,39)/t21-,22+/m0/s1. The van der Waals surface area contributed by atoms with E-state index in [0.29, 0.717) is 55.9 Å². The van der Waals surface area contributed by atoms with E-state index in [9.17, 15) is 9.59 Å². The lowest BCUT2D eigenvalue weighted by Gasteiger charge is -2.33. The molecule has 11 heteroatoms. The third kappa shape index (κ3) is 7.30. The summed E-state index contributed by atoms with van der Waals surface area (Å²) in [7, 11) is 3.97. The van der Waals surface area contributed by atoms with Gasteiger partial charge in [0.25, 0.3) is 5.91 Å². The Kier molecular flexibility index (Phi) is 8.98. The predicted octanol–water partition coefficient (Wildman–Crippen LogP) is 3.21. The normalized spacial score (nSPS) is 20.8. The number of ether oxygens (including phenoxy) is 2. The molecule has 1 saturated heterocycles. The van der Waals surface area contributed by atoms with Crippen molar-refractivity contribution in [1.82, 2.24) is 19.9 Å². The zero-order chi connectivity index (χ0) is 28.9. The molecule has 2 aromatic rings. The van der Waals surface area contributed by atoms with E-state index >= 15 is 0 Å². The van der Waals surface area contributed by atoms with Crippen LogP contribution in [-0.2, 0) is 0 Å². The molecule has 2 N–H and O–H groups in total. The quantitative estimate of drug-likeness (QED) is 0.362. The summed E-state index contributed by atoms with van der Waals surface area (Å²) < 4.78 is 12.0. The van der Waals surface area contributed by atoms with Gasteiger partial charge in [-0.25, -0.2) is 4.98 Å². The fourth-order valence-electron chi connectivity index (χ4n) is 5.35. The second kappa shape index (κ2) is 12.8. The second-order valence-electron chi connectivity index (χ2n) is 11.7. The Morgan fingerprint density at radius 1 is 1.10 bits per heavy atom. The molecule has 2 aliphatic carbocycles. The van der Waals surface area contributed by atoms with E-state index in [1.165, 1.54) is 6.42 Å². The summed E-state index contributed by atoms with van der Waals surface area (Å²) in [6.07, 6.45) is 6.19. The lowest BCUT2D eigenvalue weighted by molar-refractivity contribution is 0.0929. The number of pyridine rings is 1. The lowest BCUT2D eigenvalue weighted by atomic mass is 9.81. The fraction of sp³-hybridized carbons (Fsp3) is 0.600. The summed E-state index contributed by atoms with van der Waals surface area (Å²) in [6, 6.07) is 7.64. The van der Waals surface area contributed by atoms with Gasteiger partial charge in [0.2, 0.25) is 0 Å². The van der Waals surface area contributed by atoms with Gasteiger partial charge in [0.15, 0.2) is 5.78 Å². The number of ketones is 1. The summed E-state index contributed by atoms with van der Waals surface area (Å²) >= 11 is 0. The van der Waals surface area contributed by atoms with Gasteiger partial charge in [-0.3, -0.25) is 9.59 Å². The maximum atomic E-state index is 13.1. The number of anilines is 1. The minimum absolute atomic E-state index is 0.0198. The zero-order valence-electron chi connectivity index (χ0n) is 23.9. The van der Waals surface area contributed by atoms with Crippen molar-refractivity contribution < 1.29 is 19.1 Å². The molecule has 0 radical (unpaired) electrons. The Morgan fingerprint density at radius 2 is 1.88 bits per heavy atom. The highest BCUT2D eigenvalue weighted by molar-refractivity contribution is 5.95. The Morgan fingerprint density at radius 3 is 2.51 bits per heavy atom. The number of aromatic nitrogens is 3. The van der Waals surface area contributed by atoms with Crippen LogP contribution in [0.3, 0.4) is 0 Å². The number of nitrogens with zero attached hydrogens (tertiary/aromatic N) is 6. The topological polar surface area (TPSA) is 148 Å². The fourth-order valence-corrected chi connectivity index (χ4v) is 5.35. The van der Waals surface area contributed by atoms with Gasteiger partial charge in [0, 0.05) is 44.0 Å². The molecule has 218 valence electrons. The molecule has 3 aliphatic rings. The number of carbonyl (C=O) groups excluding carboxylic acids is 2. The number of hydrogen-bond acceptors (Lipinski definition) is 10. The molecule has 0 bridgehead atoms. The molecule has 0 spiro atoms. The molecule has 5 rings (SSSR count). The molecule has 0 aromatic carbocycles. The molecule has 2 atom stereocenters. The van der Waals surface area contributed by atoms with Crippen molar-refractivity contribution in [3.63, 3.8) is 0 Å². The number of primary amides is 1. The number of Topliss-reactive ketones (excluding diaryl/α,β-unsaturated/α-hetero) is 1. The van der Waals surface area contributed by atoms with Gasteiger partial charge in [-0.15, -0.1) is 0 Å². The minimum Gasteiger partial charge on any atom is -0.490 e. The SMILES string of the molecule is CN(C)CCOc1ccc(C(N)=O)nc1C1CCN(c2cc(C(=O)CC3CCC3)nc(OC[C@H]3C[C@H]3C#N)n2)CC1. The van der Waals surface area contributed by atoms with E-state index in [2.05, 4.69) is 25.9 Å². The highest BCUT2D eigenvalue weighted by Crippen LogP contribution is 2.38. The van der Waals surface area contributed by atoms with Gasteiger partial charge in [0.1, 0.15) is 29.6 Å². The van der Waals surface area contributed by atoms with E-state index < -0.39 is 5.91 Å². The van der Waals surface area contributed by atoms with Crippen LogP contribution >= 0.6 is 0 Å². The number of carbonyl (C=O) groups is 2. The van der Waals surface area contributed by atoms with Crippen molar-refractivity contribution in [2.24, 2.45) is 23.5 Å². The van der Waals surface area contributed by atoms with Crippen molar-refractivity contribution >= 4 is 17.5 Å². The van der Waals surface area contributed by atoms with Gasteiger partial charge >= 0.3 is 6.01 Å². The third-order valence-electron chi connectivity index (χ3n) is 8.33. The molecular formula is C30H39N7O4. The Bertz CT molecular complexity index is 1300. The highest BCUT2D eigenvalue weighted by atomic mass is 16.5. The molecule has 3 heterocycles. The largest absolute Gasteiger partial charge is 0.490 e. The number of hydrogen-bond donors (Lipinski definition) is 1. The predicted molar refractivity (Wildman–Crippen MR) is 152 cm³/mol. The Labute approximate surface area is 241 Å². The summed E-state index contributed by atoms with van der Waals surface area (Å²) in [5.74, 6) is 1.52. The first-order chi connectivity index (χ1) is 19.8. The molecule has 11 nitrogen and oxygen atoms in total. The Balaban J connectivity index is 1.30. The van der Waals surface area contributed by atoms with Crippen LogP contribution in [-0.4, -0.2) is 78.5 Å². The summed E-state index contributed by atoms with van der Waals surface area (Å²) in [5.41, 5.74) is 6.89. The molecule has 3 fully saturated rings. The van der Waals surface area contributed by atoms with E-state index in [1.54, 1.807) is 18.2 Å². The summed E-state index contributed by atoms with van der Waals surface area (Å²) in [6.45, 7) is 2.99. The van der Waals surface area contributed by atoms with Crippen molar-refractivity contribution in [2.75, 3.05) is 51.8 Å². The van der Waals surface area contributed by atoms with Gasteiger partial charge in [-0.2, -0.15) is 15.2 Å². The summed E-state index contributed by atoms with van der Waals surface area (Å²) in [4.78, 5) is 42.9. The van der Waals surface area contributed by atoms with Crippen LogP contribution in [0.25, 0.3) is 0 Å². The van der Waals surface area contributed by atoms with Crippen LogP contribution in [0.5, 0.6) is 11.8 Å². The number of rotatable bonds is 13. The van der Waals surface area contributed by atoms with Crippen molar-refractivity contribution in [3.8, 4) is 17.8 Å². The molecule has 2 saturated carbocycles. The monoisotopic (exact) mass is 561 g/mol. The number of amides is 1. The highest BCUT2D eigenvalue weighted by Gasteiger charge is 2.38. The second-order valence-corrected chi connectivity index (χ2v) is 11.7. The van der Waals surface area contributed by atoms with Crippen LogP contribution in [0.15, 0.2) is 18.2 Å². The minimum atomic E-state index is -0.566. The van der Waals surface area contributed by atoms with E-state index in [-0.39, 0.29) is 35.2 Å². The molecule has 41 heavy (non-hydrogen) atoms. The molecule has 0 unspecified atom stereocenters. The number of likely N-dealkylation sites (N-methyl/N-ethyl adjacent to an activating group) is 1. The zero-order valence-corrected chi connectivity index (χ0v) is 23.9. The average Bonchev–Trinajstić information content (AvgIpc) is 3.72. The number of nitrogens with two attached hydrogens (primary N) is 1. The average molecular weight is 562 g/mol. The van der Waals surface area contributed by atoms with Crippen LogP contribution in [0.2, 0.25) is 0 Å². The van der Waals surface area contributed by atoms with Crippen LogP contribution < -0.4 is 20.1 Å². The molecular weight excluding hydrogens is 522 g/mol. The van der Waals surface area contributed by atoms with E-state index in [4.69, 9.17) is 20.5 Å². The van der Waals surface area contributed by atoms with Gasteiger partial charge in [-0.1, -0.05) is 19.3 Å². The molecule has 1 amide bonds. The van der Waals surface area contributed by atoms with Crippen molar-refractivity contribution in [3.05, 3.63) is 35.3 Å². The maximum Gasteiger partial charge on any atom is 0.319 e. The first-order valence-electron chi connectivity index (χ1n) is 14.6. The molecule has 1 aliphatic heterocycles. The van der Waals surface area contributed by atoms with E-state index in [1.807, 2.05) is 19.0 Å². The number of piperidine rings is 1. The van der Waals surface area contributed by atoms with Crippen LogP contribution in [0.1, 0.15) is 77.5 Å². The van der Waals surface area contributed by atoms with Gasteiger partial charge in [0.05, 0.1) is 24.3 Å². The van der Waals surface area contributed by atoms with Crippen molar-refractivity contribution in [2.45, 2.75) is 50.9 Å². The van der Waals surface area contributed by atoms with Gasteiger partial charge in [-0.05, 0) is 51.4 Å². The van der Waals surface area contributed by atoms with E-state index in [0.717, 1.165) is 44.3 Å². The van der Waals surface area contributed by atoms with Gasteiger partial charge < -0.3 is 25.0 Å². The summed E-state index contributed by atoms with van der Waals surface area (Å²) in [5, 5.41) is 9.12. The number of nitriles is 1. The van der Waals surface area contributed by atoms with Crippen LogP contribution in [0.4, 0.5) is 5.82 Å². The lowest BCUT2D eigenvalue weighted by Crippen LogP contribution is -2.34.